The number of aliphatic hydroxyl groups excluding tert-OH is 2. The fourth-order valence-electron chi connectivity index (χ4n) is 8.87. The van der Waals surface area contributed by atoms with Crippen molar-refractivity contribution in [1.29, 1.82) is 0 Å². The molecule has 5 aliphatic rings. The number of hydrogen-bond acceptors (Lipinski definition) is 6. The van der Waals surface area contributed by atoms with Crippen molar-refractivity contribution in [2.75, 3.05) is 0 Å². The first kappa shape index (κ1) is 29.6. The molecule has 7 heteroatoms. The van der Waals surface area contributed by atoms with Gasteiger partial charge in [0.25, 0.3) is 0 Å². The highest BCUT2D eigenvalue weighted by atomic mass is 16.6. The predicted octanol–water partition coefficient (Wildman–Crippen LogP) is 6.01. The van der Waals surface area contributed by atoms with E-state index in [0.29, 0.717) is 25.7 Å². The molecule has 1 saturated heterocycles. The van der Waals surface area contributed by atoms with Crippen LogP contribution in [0.2, 0.25) is 0 Å². The largest absolute Gasteiger partial charge is 0.511 e. The molecule has 1 spiro atoms. The summed E-state index contributed by atoms with van der Waals surface area (Å²) in [5.74, 6) is -3.61. The quantitative estimate of drug-likeness (QED) is 0.218. The molecule has 7 nitrogen and oxygen atoms in total. The maximum absolute atomic E-state index is 14.7. The summed E-state index contributed by atoms with van der Waals surface area (Å²) in [6, 6.07) is 0. The van der Waals surface area contributed by atoms with Crippen LogP contribution in [0.4, 0.5) is 0 Å². The summed E-state index contributed by atoms with van der Waals surface area (Å²) in [6.45, 7) is 9.58. The van der Waals surface area contributed by atoms with Crippen molar-refractivity contribution in [2.45, 2.75) is 91.3 Å². The Labute approximate surface area is 242 Å². The van der Waals surface area contributed by atoms with Gasteiger partial charge in [0, 0.05) is 23.3 Å². The Hall–Kier alpha value is -2.93. The Morgan fingerprint density at radius 3 is 2.51 bits per heavy atom. The minimum Gasteiger partial charge on any atom is -0.511 e. The second-order valence-corrected chi connectivity index (χ2v) is 13.3. The molecule has 2 fully saturated rings. The van der Waals surface area contributed by atoms with Crippen molar-refractivity contribution in [3.05, 3.63) is 58.9 Å². The van der Waals surface area contributed by atoms with Gasteiger partial charge in [-0.25, -0.2) is 9.59 Å². The molecular weight excluding hydrogens is 520 g/mol. The van der Waals surface area contributed by atoms with Gasteiger partial charge in [0.05, 0.1) is 11.5 Å². The molecule has 222 valence electrons. The lowest BCUT2D eigenvalue weighted by atomic mass is 9.51. The van der Waals surface area contributed by atoms with Gasteiger partial charge in [0.15, 0.2) is 5.60 Å². The number of rotatable bonds is 3. The molecule has 41 heavy (non-hydrogen) atoms. The van der Waals surface area contributed by atoms with Gasteiger partial charge >= 0.3 is 11.9 Å². The Morgan fingerprint density at radius 1 is 1.12 bits per heavy atom. The Balaban J connectivity index is 1.78. The van der Waals surface area contributed by atoms with Crippen LogP contribution in [0.15, 0.2) is 58.9 Å². The standard InChI is InChI=1S/C34H44O7/c1-6-21-17-34-29(37)26(31(40)41-34)28(36)33(7-2)22(13-14-23-25(33)15-12-20(4)27(23)35)11-9-8-10-19(3)16-32(34,5)18-24(21)30(38)39/h8-9,13-14,16,18,20-23,25,27,35-36H,6-7,10-12,15,17H2,1-5H3,(H,38,39)/b9-8+,19-16+,28-26-. The molecule has 5 rings (SSSR count). The molecule has 4 aliphatic carbocycles. The first-order valence-electron chi connectivity index (χ1n) is 15.2. The van der Waals surface area contributed by atoms with Crippen LogP contribution in [-0.4, -0.2) is 44.7 Å². The fourth-order valence-corrected chi connectivity index (χ4v) is 8.87. The highest BCUT2D eigenvalue weighted by molar-refractivity contribution is 6.26. The monoisotopic (exact) mass is 564 g/mol. The minimum absolute atomic E-state index is 0.0316. The fraction of sp³-hybridized carbons (Fsp3) is 0.618. The van der Waals surface area contributed by atoms with E-state index >= 15 is 0 Å². The van der Waals surface area contributed by atoms with E-state index < -0.39 is 46.2 Å². The van der Waals surface area contributed by atoms with E-state index in [2.05, 4.69) is 24.3 Å². The van der Waals surface area contributed by atoms with Crippen LogP contribution >= 0.6 is 0 Å². The topological polar surface area (TPSA) is 121 Å². The molecule has 1 aliphatic heterocycles. The third-order valence-electron chi connectivity index (χ3n) is 11.2. The first-order valence-corrected chi connectivity index (χ1v) is 15.2. The summed E-state index contributed by atoms with van der Waals surface area (Å²) >= 11 is 0. The van der Waals surface area contributed by atoms with E-state index in [0.717, 1.165) is 18.4 Å². The summed E-state index contributed by atoms with van der Waals surface area (Å²) in [5.41, 5.74) is -2.99. The number of carboxylic acid groups (broad SMARTS) is 1. The summed E-state index contributed by atoms with van der Waals surface area (Å²) in [7, 11) is 0. The van der Waals surface area contributed by atoms with Crippen LogP contribution in [0.25, 0.3) is 0 Å². The van der Waals surface area contributed by atoms with Crippen molar-refractivity contribution in [2.24, 2.45) is 40.4 Å². The molecule has 3 N–H and O–H groups in total. The third kappa shape index (κ3) is 4.21. The van der Waals surface area contributed by atoms with Crippen LogP contribution in [0.3, 0.4) is 0 Å². The Kier molecular flexibility index (Phi) is 7.50. The number of fused-ring (bicyclic) bond motifs is 4. The SMILES string of the molecule is CCC1CC23OC(=O)/C(=C(\O)C4(CC)C(C=CC5C(O)C(C)CCC54)C/C=C/C/C(C)=C/C2(C)C=C1C(=O)O)C3=O. The van der Waals surface area contributed by atoms with Crippen molar-refractivity contribution in [3.8, 4) is 0 Å². The number of carbonyl (C=O) groups excluding carboxylic acids is 2. The number of ketones is 1. The van der Waals surface area contributed by atoms with E-state index in [1.165, 1.54) is 0 Å². The number of carboxylic acids is 1. The molecular formula is C34H44O7. The molecule has 0 amide bonds. The number of allylic oxidation sites excluding steroid dienone is 5. The second kappa shape index (κ2) is 10.4. The zero-order valence-electron chi connectivity index (χ0n) is 24.9. The van der Waals surface area contributed by atoms with E-state index in [4.69, 9.17) is 4.74 Å². The summed E-state index contributed by atoms with van der Waals surface area (Å²) < 4.78 is 6.12. The van der Waals surface area contributed by atoms with Gasteiger partial charge in [-0.1, -0.05) is 62.8 Å². The van der Waals surface area contributed by atoms with Crippen LogP contribution < -0.4 is 0 Å². The molecule has 9 atom stereocenters. The maximum atomic E-state index is 14.7. The second-order valence-electron chi connectivity index (χ2n) is 13.3. The molecule has 1 saturated carbocycles. The zero-order valence-corrected chi connectivity index (χ0v) is 24.9. The van der Waals surface area contributed by atoms with Gasteiger partial charge in [0.1, 0.15) is 11.3 Å². The van der Waals surface area contributed by atoms with Crippen molar-refractivity contribution in [3.63, 3.8) is 0 Å². The van der Waals surface area contributed by atoms with Crippen molar-refractivity contribution < 1.29 is 34.4 Å². The van der Waals surface area contributed by atoms with Gasteiger partial charge < -0.3 is 20.1 Å². The summed E-state index contributed by atoms with van der Waals surface area (Å²) in [6.07, 6.45) is 14.9. The van der Waals surface area contributed by atoms with Crippen LogP contribution in [0, 0.1) is 40.4 Å². The summed E-state index contributed by atoms with van der Waals surface area (Å²) in [5, 5.41) is 33.6. The number of carbonyl (C=O) groups is 3. The third-order valence-corrected chi connectivity index (χ3v) is 11.2. The average Bonchev–Trinajstić information content (AvgIpc) is 3.18. The number of ether oxygens (including phenoxy) is 1. The van der Waals surface area contributed by atoms with E-state index in [-0.39, 0.29) is 47.0 Å². The number of esters is 1. The van der Waals surface area contributed by atoms with Crippen molar-refractivity contribution >= 4 is 17.7 Å². The van der Waals surface area contributed by atoms with E-state index in [1.54, 1.807) is 13.0 Å². The minimum atomic E-state index is -1.67. The lowest BCUT2D eigenvalue weighted by Crippen LogP contribution is -2.55. The molecule has 1 heterocycles. The van der Waals surface area contributed by atoms with Crippen LogP contribution in [0.1, 0.15) is 79.6 Å². The molecule has 0 aromatic heterocycles. The number of aliphatic hydroxyl groups is 2. The summed E-state index contributed by atoms with van der Waals surface area (Å²) in [4.78, 5) is 40.8. The van der Waals surface area contributed by atoms with Crippen molar-refractivity contribution in [1.82, 2.24) is 0 Å². The lowest BCUT2D eigenvalue weighted by molar-refractivity contribution is -0.162. The molecule has 9 unspecified atom stereocenters. The van der Waals surface area contributed by atoms with Crippen LogP contribution in [0.5, 0.6) is 0 Å². The Bertz CT molecular complexity index is 1300. The first-order chi connectivity index (χ1) is 19.4. The average molecular weight is 565 g/mol. The van der Waals surface area contributed by atoms with Gasteiger partial charge in [-0.15, -0.1) is 0 Å². The zero-order chi connectivity index (χ0) is 29.9. The van der Waals surface area contributed by atoms with Gasteiger partial charge in [0.2, 0.25) is 5.78 Å². The van der Waals surface area contributed by atoms with E-state index in [9.17, 15) is 29.7 Å². The normalized spacial score (nSPS) is 46.3. The van der Waals surface area contributed by atoms with Gasteiger partial charge in [-0.2, -0.15) is 0 Å². The highest BCUT2D eigenvalue weighted by Gasteiger charge is 2.66. The number of aliphatic carboxylic acids is 1. The lowest BCUT2D eigenvalue weighted by Gasteiger charge is -2.54. The molecule has 2 bridgehead atoms. The van der Waals surface area contributed by atoms with Gasteiger partial charge in [-0.05, 0) is 76.0 Å². The molecule has 0 aromatic carbocycles. The van der Waals surface area contributed by atoms with E-state index in [1.807, 2.05) is 33.8 Å². The maximum Gasteiger partial charge on any atom is 0.346 e. The highest BCUT2D eigenvalue weighted by Crippen LogP contribution is 2.60. The number of hydrogen-bond donors (Lipinski definition) is 3. The van der Waals surface area contributed by atoms with Crippen LogP contribution in [-0.2, 0) is 19.1 Å². The smallest absolute Gasteiger partial charge is 0.346 e. The number of Topliss-reactive ketones (excluding diaryl/α,β-unsaturated/α-hetero) is 1. The molecule has 0 radical (unpaired) electrons. The van der Waals surface area contributed by atoms with Gasteiger partial charge in [-0.3, -0.25) is 4.79 Å². The molecule has 0 aromatic rings. The predicted molar refractivity (Wildman–Crippen MR) is 155 cm³/mol. The Morgan fingerprint density at radius 2 is 1.85 bits per heavy atom.